The van der Waals surface area contributed by atoms with Crippen LogP contribution in [0.2, 0.25) is 0 Å². The lowest BCUT2D eigenvalue weighted by molar-refractivity contribution is -0.145. The van der Waals surface area contributed by atoms with E-state index in [1.165, 1.54) is 17.0 Å². The molecule has 0 bridgehead atoms. The SMILES string of the molecule is COc1ccc(NC(=O)C(c2ccc(O)cc2)N(C(=O)C(CS)NC(=O)OC(C)(C)C)C2CCC2)cc1. The van der Waals surface area contributed by atoms with E-state index in [1.54, 1.807) is 64.3 Å². The summed E-state index contributed by atoms with van der Waals surface area (Å²) in [5.74, 6) is -0.160. The number of aromatic hydroxyl groups is 1. The third-order valence-electron chi connectivity index (χ3n) is 5.99. The summed E-state index contributed by atoms with van der Waals surface area (Å²) in [7, 11) is 1.56. The van der Waals surface area contributed by atoms with Gasteiger partial charge < -0.3 is 30.1 Å². The van der Waals surface area contributed by atoms with E-state index in [0.29, 0.717) is 17.0 Å². The Labute approximate surface area is 222 Å². The normalized spacial score (nSPS) is 15.1. The Kier molecular flexibility index (Phi) is 9.31. The number of hydrogen-bond donors (Lipinski definition) is 4. The molecule has 37 heavy (non-hydrogen) atoms. The number of amides is 3. The van der Waals surface area contributed by atoms with Gasteiger partial charge in [-0.1, -0.05) is 12.1 Å². The van der Waals surface area contributed by atoms with Gasteiger partial charge in [0.05, 0.1) is 7.11 Å². The van der Waals surface area contributed by atoms with Crippen LogP contribution in [0.3, 0.4) is 0 Å². The topological polar surface area (TPSA) is 117 Å². The Morgan fingerprint density at radius 2 is 1.70 bits per heavy atom. The molecule has 2 unspecified atom stereocenters. The van der Waals surface area contributed by atoms with Gasteiger partial charge in [-0.25, -0.2) is 4.79 Å². The molecule has 1 aliphatic rings. The Hall–Kier alpha value is -3.40. The first-order valence-electron chi connectivity index (χ1n) is 12.2. The zero-order valence-corrected chi connectivity index (χ0v) is 22.5. The molecule has 1 saturated carbocycles. The lowest BCUT2D eigenvalue weighted by Gasteiger charge is -2.43. The van der Waals surface area contributed by atoms with E-state index in [4.69, 9.17) is 9.47 Å². The van der Waals surface area contributed by atoms with Gasteiger partial charge in [0.1, 0.15) is 29.2 Å². The number of ether oxygens (including phenoxy) is 2. The van der Waals surface area contributed by atoms with Gasteiger partial charge in [0.15, 0.2) is 0 Å². The minimum absolute atomic E-state index is 0.0176. The number of methoxy groups -OCH3 is 1. The van der Waals surface area contributed by atoms with Crippen molar-refractivity contribution in [2.24, 2.45) is 0 Å². The predicted octanol–water partition coefficient (Wildman–Crippen LogP) is 4.28. The molecule has 0 heterocycles. The smallest absolute Gasteiger partial charge is 0.408 e. The van der Waals surface area contributed by atoms with Crippen molar-refractivity contribution < 1.29 is 29.0 Å². The number of rotatable bonds is 9. The van der Waals surface area contributed by atoms with Crippen LogP contribution in [0, 0.1) is 0 Å². The molecule has 200 valence electrons. The largest absolute Gasteiger partial charge is 0.508 e. The molecule has 1 aliphatic carbocycles. The maximum absolute atomic E-state index is 13.9. The number of hydrogen-bond acceptors (Lipinski definition) is 7. The fourth-order valence-electron chi connectivity index (χ4n) is 3.98. The average Bonchev–Trinajstić information content (AvgIpc) is 2.81. The van der Waals surface area contributed by atoms with Gasteiger partial charge in [0.2, 0.25) is 5.91 Å². The van der Waals surface area contributed by atoms with E-state index in [2.05, 4.69) is 23.3 Å². The Morgan fingerprint density at radius 3 is 2.19 bits per heavy atom. The molecule has 0 aliphatic heterocycles. The molecule has 2 aromatic rings. The fourth-order valence-corrected chi connectivity index (χ4v) is 4.23. The minimum Gasteiger partial charge on any atom is -0.508 e. The van der Waals surface area contributed by atoms with Crippen molar-refractivity contribution in [3.8, 4) is 11.5 Å². The summed E-state index contributed by atoms with van der Waals surface area (Å²) in [6.45, 7) is 5.19. The first-order chi connectivity index (χ1) is 17.5. The summed E-state index contributed by atoms with van der Waals surface area (Å²) in [4.78, 5) is 41.6. The van der Waals surface area contributed by atoms with Crippen molar-refractivity contribution in [1.29, 1.82) is 0 Å². The molecule has 3 amide bonds. The van der Waals surface area contributed by atoms with E-state index in [-0.39, 0.29) is 17.5 Å². The van der Waals surface area contributed by atoms with E-state index in [1.807, 2.05) is 0 Å². The summed E-state index contributed by atoms with van der Waals surface area (Å²) >= 11 is 4.31. The van der Waals surface area contributed by atoms with Gasteiger partial charge in [-0.3, -0.25) is 9.59 Å². The highest BCUT2D eigenvalue weighted by Crippen LogP contribution is 2.35. The highest BCUT2D eigenvalue weighted by Gasteiger charge is 2.41. The summed E-state index contributed by atoms with van der Waals surface area (Å²) in [6.07, 6.45) is 1.63. The number of anilines is 1. The quantitative estimate of drug-likeness (QED) is 0.360. The van der Waals surface area contributed by atoms with E-state index in [0.717, 1.165) is 19.3 Å². The van der Waals surface area contributed by atoms with Crippen molar-refractivity contribution >= 4 is 36.2 Å². The summed E-state index contributed by atoms with van der Waals surface area (Å²) in [6, 6.07) is 10.8. The molecule has 2 aromatic carbocycles. The Morgan fingerprint density at radius 1 is 1.08 bits per heavy atom. The maximum atomic E-state index is 13.9. The molecule has 3 N–H and O–H groups in total. The number of thiol groups is 1. The van der Waals surface area contributed by atoms with E-state index < -0.39 is 35.6 Å². The molecule has 9 nitrogen and oxygen atoms in total. The van der Waals surface area contributed by atoms with Crippen molar-refractivity contribution in [3.63, 3.8) is 0 Å². The third kappa shape index (κ3) is 7.55. The second-order valence-electron chi connectivity index (χ2n) is 9.92. The fraction of sp³-hybridized carbons (Fsp3) is 0.444. The van der Waals surface area contributed by atoms with E-state index in [9.17, 15) is 19.5 Å². The monoisotopic (exact) mass is 529 g/mol. The number of carbonyl (C=O) groups is 3. The van der Waals surface area contributed by atoms with Crippen LogP contribution in [0.5, 0.6) is 11.5 Å². The van der Waals surface area contributed by atoms with Crippen molar-refractivity contribution in [1.82, 2.24) is 10.2 Å². The minimum atomic E-state index is -1.01. The summed E-state index contributed by atoms with van der Waals surface area (Å²) in [5, 5.41) is 15.3. The average molecular weight is 530 g/mol. The number of nitrogens with one attached hydrogen (secondary N) is 2. The summed E-state index contributed by atoms with van der Waals surface area (Å²) in [5.41, 5.74) is 0.321. The van der Waals surface area contributed by atoms with Crippen LogP contribution in [0.4, 0.5) is 10.5 Å². The second-order valence-corrected chi connectivity index (χ2v) is 10.3. The van der Waals surface area contributed by atoms with Crippen molar-refractivity contribution in [2.45, 2.75) is 63.8 Å². The zero-order valence-electron chi connectivity index (χ0n) is 21.6. The van der Waals surface area contributed by atoms with Crippen LogP contribution < -0.4 is 15.4 Å². The van der Waals surface area contributed by atoms with Gasteiger partial charge in [-0.05, 0) is 82.0 Å². The van der Waals surface area contributed by atoms with Gasteiger partial charge in [-0.15, -0.1) is 0 Å². The molecule has 0 radical (unpaired) electrons. The number of carbonyl (C=O) groups excluding carboxylic acids is 3. The first-order valence-corrected chi connectivity index (χ1v) is 12.8. The van der Waals surface area contributed by atoms with Crippen LogP contribution in [-0.2, 0) is 14.3 Å². The third-order valence-corrected chi connectivity index (χ3v) is 6.35. The van der Waals surface area contributed by atoms with Crippen molar-refractivity contribution in [2.75, 3.05) is 18.2 Å². The number of phenols is 1. The first kappa shape index (κ1) is 28.2. The molecule has 2 atom stereocenters. The number of nitrogens with zero attached hydrogens (tertiary/aromatic N) is 1. The molecule has 3 rings (SSSR count). The Bertz CT molecular complexity index is 1080. The van der Waals surface area contributed by atoms with Gasteiger partial charge in [0, 0.05) is 17.5 Å². The standard InChI is InChI=1S/C27H35N3O6S/c1-27(2,3)36-26(34)29-22(16-37)25(33)30(19-6-5-7-19)23(17-8-12-20(31)13-9-17)24(32)28-18-10-14-21(35-4)15-11-18/h8-15,19,22-23,31,37H,5-7,16H2,1-4H3,(H,28,32)(H,29,34). The number of phenolic OH excluding ortho intramolecular Hbond substituents is 1. The van der Waals surface area contributed by atoms with Gasteiger partial charge in [-0.2, -0.15) is 12.6 Å². The molecule has 1 fully saturated rings. The van der Waals surface area contributed by atoms with Crippen LogP contribution in [0.15, 0.2) is 48.5 Å². The van der Waals surface area contributed by atoms with Gasteiger partial charge in [0.25, 0.3) is 5.91 Å². The number of benzene rings is 2. The van der Waals surface area contributed by atoms with Gasteiger partial charge >= 0.3 is 6.09 Å². The van der Waals surface area contributed by atoms with Crippen LogP contribution in [-0.4, -0.2) is 58.5 Å². The highest BCUT2D eigenvalue weighted by molar-refractivity contribution is 7.80. The molecule has 0 spiro atoms. The van der Waals surface area contributed by atoms with E-state index >= 15 is 0 Å². The lowest BCUT2D eigenvalue weighted by atomic mass is 9.88. The molecule has 0 aromatic heterocycles. The predicted molar refractivity (Wildman–Crippen MR) is 144 cm³/mol. The van der Waals surface area contributed by atoms with Crippen LogP contribution >= 0.6 is 12.6 Å². The van der Waals surface area contributed by atoms with Crippen molar-refractivity contribution in [3.05, 3.63) is 54.1 Å². The maximum Gasteiger partial charge on any atom is 0.408 e. The number of alkyl carbamates (subject to hydrolysis) is 1. The molecular formula is C27H35N3O6S. The van der Waals surface area contributed by atoms with Crippen LogP contribution in [0.25, 0.3) is 0 Å². The van der Waals surface area contributed by atoms with Crippen LogP contribution in [0.1, 0.15) is 51.6 Å². The second kappa shape index (κ2) is 12.2. The highest BCUT2D eigenvalue weighted by atomic mass is 32.1. The lowest BCUT2D eigenvalue weighted by Crippen LogP contribution is -2.57. The molecular weight excluding hydrogens is 494 g/mol. The zero-order chi connectivity index (χ0) is 27.2. The Balaban J connectivity index is 1.95. The molecule has 0 saturated heterocycles. The molecule has 10 heteroatoms. The summed E-state index contributed by atoms with van der Waals surface area (Å²) < 4.78 is 10.5.